The Morgan fingerprint density at radius 2 is 2.22 bits per heavy atom. The van der Waals surface area contributed by atoms with E-state index in [9.17, 15) is 0 Å². The lowest BCUT2D eigenvalue weighted by molar-refractivity contribution is 0.0909. The number of hydroxylamine groups is 1. The number of nitrogens with one attached hydrogen (secondary N) is 1. The molecule has 1 N–H and O–H groups in total. The molecule has 0 aliphatic rings. The second kappa shape index (κ2) is 8.27. The molecular formula is C6H15NOS. The summed E-state index contributed by atoms with van der Waals surface area (Å²) in [6.45, 7) is 0.969. The van der Waals surface area contributed by atoms with Crippen molar-refractivity contribution in [1.82, 2.24) is 5.48 Å². The summed E-state index contributed by atoms with van der Waals surface area (Å²) < 4.78 is 0. The first-order valence-electron chi connectivity index (χ1n) is 3.16. The Kier molecular flexibility index (Phi) is 8.52. The van der Waals surface area contributed by atoms with Crippen LogP contribution in [-0.2, 0) is 4.84 Å². The first-order chi connectivity index (χ1) is 4.41. The lowest BCUT2D eigenvalue weighted by Gasteiger charge is -1.98. The predicted octanol–water partition coefficient (Wildman–Crippen LogP) is 1.28. The summed E-state index contributed by atoms with van der Waals surface area (Å²) in [5.41, 5.74) is 2.80. The van der Waals surface area contributed by atoms with E-state index in [4.69, 9.17) is 0 Å². The highest BCUT2D eigenvalue weighted by Gasteiger charge is 1.84. The van der Waals surface area contributed by atoms with E-state index in [-0.39, 0.29) is 0 Å². The minimum absolute atomic E-state index is 0.969. The molecule has 0 fully saturated rings. The highest BCUT2D eigenvalue weighted by Crippen LogP contribution is 1.97. The SMILES string of the molecule is CONCCCCSC. The number of hydrogen-bond donors (Lipinski definition) is 1. The molecule has 0 saturated carbocycles. The summed E-state index contributed by atoms with van der Waals surface area (Å²) in [6, 6.07) is 0. The largest absolute Gasteiger partial charge is 0.305 e. The minimum atomic E-state index is 0.969. The predicted molar refractivity (Wildman–Crippen MR) is 42.6 cm³/mol. The zero-order valence-electron chi connectivity index (χ0n) is 6.14. The molecule has 3 heteroatoms. The van der Waals surface area contributed by atoms with Crippen LogP contribution in [0.5, 0.6) is 0 Å². The van der Waals surface area contributed by atoms with Crippen LogP contribution < -0.4 is 5.48 Å². The van der Waals surface area contributed by atoms with Gasteiger partial charge in [-0.25, -0.2) is 5.48 Å². The molecule has 0 heterocycles. The quantitative estimate of drug-likeness (QED) is 0.454. The summed E-state index contributed by atoms with van der Waals surface area (Å²) in [7, 11) is 1.65. The molecule has 0 saturated heterocycles. The molecule has 0 aromatic carbocycles. The first kappa shape index (κ1) is 9.27. The Balaban J connectivity index is 2.60. The third-order valence-corrected chi connectivity index (χ3v) is 1.72. The number of thioether (sulfide) groups is 1. The van der Waals surface area contributed by atoms with E-state index in [1.165, 1.54) is 18.6 Å². The molecular weight excluding hydrogens is 134 g/mol. The first-order valence-corrected chi connectivity index (χ1v) is 4.56. The maximum atomic E-state index is 4.67. The monoisotopic (exact) mass is 149 g/mol. The van der Waals surface area contributed by atoms with E-state index in [1.807, 2.05) is 11.8 Å². The van der Waals surface area contributed by atoms with Crippen LogP contribution in [0.3, 0.4) is 0 Å². The Labute approximate surface area is 61.3 Å². The van der Waals surface area contributed by atoms with Gasteiger partial charge in [-0.2, -0.15) is 11.8 Å². The van der Waals surface area contributed by atoms with E-state index in [2.05, 4.69) is 16.6 Å². The van der Waals surface area contributed by atoms with Crippen molar-refractivity contribution < 1.29 is 4.84 Å². The van der Waals surface area contributed by atoms with Crippen LogP contribution in [0.4, 0.5) is 0 Å². The molecule has 0 amide bonds. The van der Waals surface area contributed by atoms with Crippen molar-refractivity contribution >= 4 is 11.8 Å². The molecule has 9 heavy (non-hydrogen) atoms. The maximum absolute atomic E-state index is 4.67. The third-order valence-electron chi connectivity index (χ3n) is 1.02. The lowest BCUT2D eigenvalue weighted by Crippen LogP contribution is -2.12. The molecule has 0 radical (unpaired) electrons. The van der Waals surface area contributed by atoms with Gasteiger partial charge in [0.05, 0.1) is 7.11 Å². The lowest BCUT2D eigenvalue weighted by atomic mass is 10.3. The number of rotatable bonds is 6. The molecule has 0 atom stereocenters. The fourth-order valence-electron chi connectivity index (χ4n) is 0.546. The summed E-state index contributed by atoms with van der Waals surface area (Å²) in [5, 5.41) is 0. The topological polar surface area (TPSA) is 21.3 Å². The summed E-state index contributed by atoms with van der Waals surface area (Å²) >= 11 is 1.89. The molecule has 0 aromatic heterocycles. The van der Waals surface area contributed by atoms with Crippen LogP contribution in [0.2, 0.25) is 0 Å². The van der Waals surface area contributed by atoms with Crippen molar-refractivity contribution in [3.05, 3.63) is 0 Å². The summed E-state index contributed by atoms with van der Waals surface area (Å²) in [5.74, 6) is 1.26. The zero-order chi connectivity index (χ0) is 6.95. The van der Waals surface area contributed by atoms with Crippen molar-refractivity contribution in [2.45, 2.75) is 12.8 Å². The van der Waals surface area contributed by atoms with E-state index in [0.717, 1.165) is 6.54 Å². The highest BCUT2D eigenvalue weighted by molar-refractivity contribution is 7.98. The maximum Gasteiger partial charge on any atom is 0.0572 e. The Morgan fingerprint density at radius 3 is 2.78 bits per heavy atom. The summed E-state index contributed by atoms with van der Waals surface area (Å²) in [6.07, 6.45) is 4.61. The molecule has 0 bridgehead atoms. The smallest absolute Gasteiger partial charge is 0.0572 e. The molecule has 0 aliphatic heterocycles. The van der Waals surface area contributed by atoms with E-state index in [1.54, 1.807) is 7.11 Å². The highest BCUT2D eigenvalue weighted by atomic mass is 32.2. The van der Waals surface area contributed by atoms with Gasteiger partial charge in [-0.1, -0.05) is 0 Å². The Bertz CT molecular complexity index is 46.3. The second-order valence-electron chi connectivity index (χ2n) is 1.80. The Hall–Kier alpha value is 0.270. The number of unbranched alkanes of at least 4 members (excludes halogenated alkanes) is 1. The van der Waals surface area contributed by atoms with Gasteiger partial charge in [-0.05, 0) is 24.9 Å². The fraction of sp³-hybridized carbons (Fsp3) is 1.00. The van der Waals surface area contributed by atoms with Crippen molar-refractivity contribution in [2.24, 2.45) is 0 Å². The zero-order valence-corrected chi connectivity index (χ0v) is 6.96. The van der Waals surface area contributed by atoms with Gasteiger partial charge in [0.25, 0.3) is 0 Å². The van der Waals surface area contributed by atoms with Crippen LogP contribution in [0.25, 0.3) is 0 Å². The van der Waals surface area contributed by atoms with Crippen LogP contribution in [0.1, 0.15) is 12.8 Å². The fourth-order valence-corrected chi connectivity index (χ4v) is 1.04. The molecule has 0 aromatic rings. The molecule has 0 unspecified atom stereocenters. The van der Waals surface area contributed by atoms with E-state index >= 15 is 0 Å². The van der Waals surface area contributed by atoms with Gasteiger partial charge in [-0.15, -0.1) is 0 Å². The normalized spacial score (nSPS) is 10.0. The van der Waals surface area contributed by atoms with Crippen LogP contribution in [-0.4, -0.2) is 25.7 Å². The summed E-state index contributed by atoms with van der Waals surface area (Å²) in [4.78, 5) is 4.67. The van der Waals surface area contributed by atoms with Crippen molar-refractivity contribution in [1.29, 1.82) is 0 Å². The molecule has 0 aliphatic carbocycles. The number of hydrogen-bond acceptors (Lipinski definition) is 3. The molecule has 0 spiro atoms. The van der Waals surface area contributed by atoms with Crippen molar-refractivity contribution in [3.8, 4) is 0 Å². The van der Waals surface area contributed by atoms with Gasteiger partial charge >= 0.3 is 0 Å². The van der Waals surface area contributed by atoms with Crippen LogP contribution in [0.15, 0.2) is 0 Å². The van der Waals surface area contributed by atoms with E-state index < -0.39 is 0 Å². The van der Waals surface area contributed by atoms with Crippen LogP contribution >= 0.6 is 11.8 Å². The second-order valence-corrected chi connectivity index (χ2v) is 2.78. The van der Waals surface area contributed by atoms with Crippen LogP contribution in [0, 0.1) is 0 Å². The van der Waals surface area contributed by atoms with Gasteiger partial charge in [0, 0.05) is 6.54 Å². The Morgan fingerprint density at radius 1 is 1.44 bits per heavy atom. The minimum Gasteiger partial charge on any atom is -0.305 e. The van der Waals surface area contributed by atoms with E-state index in [0.29, 0.717) is 0 Å². The van der Waals surface area contributed by atoms with Crippen molar-refractivity contribution in [2.75, 3.05) is 25.7 Å². The molecule has 56 valence electrons. The average Bonchev–Trinajstić information content (AvgIpc) is 1.89. The van der Waals surface area contributed by atoms with Gasteiger partial charge < -0.3 is 4.84 Å². The average molecular weight is 149 g/mol. The standard InChI is InChI=1S/C6H15NOS/c1-8-7-5-3-4-6-9-2/h7H,3-6H2,1-2H3. The molecule has 2 nitrogen and oxygen atoms in total. The van der Waals surface area contributed by atoms with Gasteiger partial charge in [0.1, 0.15) is 0 Å². The molecule has 0 rings (SSSR count). The van der Waals surface area contributed by atoms with Crippen molar-refractivity contribution in [3.63, 3.8) is 0 Å². The van der Waals surface area contributed by atoms with Gasteiger partial charge in [0.2, 0.25) is 0 Å². The third kappa shape index (κ3) is 8.27. The van der Waals surface area contributed by atoms with Gasteiger partial charge in [0.15, 0.2) is 0 Å². The van der Waals surface area contributed by atoms with Gasteiger partial charge in [-0.3, -0.25) is 0 Å².